The monoisotopic (exact) mass is 188 g/mol. The lowest BCUT2D eigenvalue weighted by Crippen LogP contribution is -2.22. The number of halogens is 2. The predicted octanol–water partition coefficient (Wildman–Crippen LogP) is 0.629. The molecule has 0 spiro atoms. The van der Waals surface area contributed by atoms with E-state index in [0.29, 0.717) is 6.07 Å². The van der Waals surface area contributed by atoms with Gasteiger partial charge < -0.3 is 16.6 Å². The van der Waals surface area contributed by atoms with Crippen molar-refractivity contribution in [3.63, 3.8) is 0 Å². The molecule has 0 saturated heterocycles. The zero-order valence-corrected chi connectivity index (χ0v) is 6.80. The second-order valence-corrected chi connectivity index (χ2v) is 2.67. The van der Waals surface area contributed by atoms with Crippen LogP contribution in [0.15, 0.2) is 12.1 Å². The highest BCUT2D eigenvalue weighted by molar-refractivity contribution is 5.31. The van der Waals surface area contributed by atoms with Gasteiger partial charge in [-0.25, -0.2) is 8.78 Å². The normalized spacial score (nSPS) is 12.9. The molecule has 0 heterocycles. The number of phenolic OH excluding ortho intramolecular Hbond substituents is 1. The Morgan fingerprint density at radius 1 is 1.31 bits per heavy atom. The molecule has 13 heavy (non-hydrogen) atoms. The lowest BCUT2D eigenvalue weighted by atomic mass is 10.1. The van der Waals surface area contributed by atoms with E-state index in [9.17, 15) is 8.78 Å². The quantitative estimate of drug-likeness (QED) is 0.637. The van der Waals surface area contributed by atoms with Gasteiger partial charge in [0.05, 0.1) is 0 Å². The van der Waals surface area contributed by atoms with Crippen LogP contribution in [0.3, 0.4) is 0 Å². The Hall–Kier alpha value is -1.20. The molecule has 0 unspecified atom stereocenters. The molecule has 0 fully saturated rings. The van der Waals surface area contributed by atoms with Gasteiger partial charge in [0.25, 0.3) is 0 Å². The minimum atomic E-state index is -0.903. The number of phenols is 1. The Morgan fingerprint density at radius 2 is 1.92 bits per heavy atom. The van der Waals surface area contributed by atoms with Gasteiger partial charge in [-0.05, 0) is 6.07 Å². The van der Waals surface area contributed by atoms with Crippen molar-refractivity contribution in [2.75, 3.05) is 6.54 Å². The third-order valence-corrected chi connectivity index (χ3v) is 1.72. The van der Waals surface area contributed by atoms with E-state index in [-0.39, 0.29) is 12.1 Å². The topological polar surface area (TPSA) is 72.3 Å². The summed E-state index contributed by atoms with van der Waals surface area (Å²) in [5.41, 5.74) is 10.6. The molecule has 1 aromatic rings. The summed E-state index contributed by atoms with van der Waals surface area (Å²) in [6, 6.07) is 0.776. The van der Waals surface area contributed by atoms with Crippen LogP contribution in [0.2, 0.25) is 0 Å². The third-order valence-electron chi connectivity index (χ3n) is 1.72. The van der Waals surface area contributed by atoms with Crippen LogP contribution in [0, 0.1) is 11.6 Å². The van der Waals surface area contributed by atoms with Crippen molar-refractivity contribution >= 4 is 0 Å². The summed E-state index contributed by atoms with van der Waals surface area (Å²) in [5.74, 6) is -2.39. The molecular weight excluding hydrogens is 178 g/mol. The van der Waals surface area contributed by atoms with Gasteiger partial charge in [-0.15, -0.1) is 0 Å². The standard InChI is InChI=1S/C8H10F2N2O/c9-5-2-8(13)6(10)1-4(5)7(12)3-11/h1-2,7,13H,3,11-12H2/t7-/m0/s1. The summed E-state index contributed by atoms with van der Waals surface area (Å²) in [4.78, 5) is 0. The van der Waals surface area contributed by atoms with Gasteiger partial charge in [0, 0.05) is 24.2 Å². The van der Waals surface area contributed by atoms with Gasteiger partial charge in [0.1, 0.15) is 5.82 Å². The molecule has 1 atom stereocenters. The number of benzene rings is 1. The fourth-order valence-electron chi connectivity index (χ4n) is 0.963. The highest BCUT2D eigenvalue weighted by Crippen LogP contribution is 2.22. The van der Waals surface area contributed by atoms with E-state index in [1.165, 1.54) is 0 Å². The van der Waals surface area contributed by atoms with Crippen LogP contribution in [0.4, 0.5) is 8.78 Å². The summed E-state index contributed by atoms with van der Waals surface area (Å²) in [6.45, 7) is 0.0150. The fraction of sp³-hybridized carbons (Fsp3) is 0.250. The van der Waals surface area contributed by atoms with Crippen molar-refractivity contribution in [1.82, 2.24) is 0 Å². The van der Waals surface area contributed by atoms with Crippen LogP contribution in [-0.2, 0) is 0 Å². The maximum absolute atomic E-state index is 13.0. The molecular formula is C8H10F2N2O. The Balaban J connectivity index is 3.15. The van der Waals surface area contributed by atoms with Gasteiger partial charge in [-0.3, -0.25) is 0 Å². The SMILES string of the molecule is NC[C@H](N)c1cc(F)c(O)cc1F. The average molecular weight is 188 g/mol. The molecule has 72 valence electrons. The number of hydrogen-bond acceptors (Lipinski definition) is 3. The Kier molecular flexibility index (Phi) is 2.79. The van der Waals surface area contributed by atoms with Crippen molar-refractivity contribution in [2.24, 2.45) is 11.5 Å². The van der Waals surface area contributed by atoms with Crippen molar-refractivity contribution in [3.05, 3.63) is 29.3 Å². The first-order valence-electron chi connectivity index (χ1n) is 3.69. The van der Waals surface area contributed by atoms with Gasteiger partial charge in [0.2, 0.25) is 0 Å². The third kappa shape index (κ3) is 1.93. The molecule has 0 radical (unpaired) electrons. The summed E-state index contributed by atoms with van der Waals surface area (Å²) in [6.07, 6.45) is 0. The second kappa shape index (κ2) is 3.68. The Morgan fingerprint density at radius 3 is 2.46 bits per heavy atom. The molecule has 0 amide bonds. The molecule has 5 N–H and O–H groups in total. The summed E-state index contributed by atoms with van der Waals surface area (Å²) < 4.78 is 25.7. The van der Waals surface area contributed by atoms with Crippen LogP contribution in [0.5, 0.6) is 5.75 Å². The number of rotatable bonds is 2. The van der Waals surface area contributed by atoms with Crippen molar-refractivity contribution in [2.45, 2.75) is 6.04 Å². The molecule has 0 aromatic heterocycles. The number of nitrogens with two attached hydrogens (primary N) is 2. The molecule has 0 bridgehead atoms. The Labute approximate surface area is 74.0 Å². The van der Waals surface area contributed by atoms with Crippen LogP contribution in [0.25, 0.3) is 0 Å². The lowest BCUT2D eigenvalue weighted by molar-refractivity contribution is 0.423. The summed E-state index contributed by atoms with van der Waals surface area (Å²) in [5, 5.41) is 8.79. The van der Waals surface area contributed by atoms with E-state index < -0.39 is 23.4 Å². The van der Waals surface area contributed by atoms with E-state index in [4.69, 9.17) is 16.6 Å². The largest absolute Gasteiger partial charge is 0.505 e. The first-order chi connectivity index (χ1) is 6.06. The smallest absolute Gasteiger partial charge is 0.165 e. The molecule has 0 aliphatic rings. The first kappa shape index (κ1) is 9.88. The van der Waals surface area contributed by atoms with E-state index in [0.717, 1.165) is 6.07 Å². The van der Waals surface area contributed by atoms with Gasteiger partial charge >= 0.3 is 0 Å². The van der Waals surface area contributed by atoms with Crippen LogP contribution < -0.4 is 11.5 Å². The van der Waals surface area contributed by atoms with Crippen molar-refractivity contribution in [1.29, 1.82) is 0 Å². The average Bonchev–Trinajstić information content (AvgIpc) is 2.10. The maximum Gasteiger partial charge on any atom is 0.165 e. The number of aromatic hydroxyl groups is 1. The summed E-state index contributed by atoms with van der Waals surface area (Å²) >= 11 is 0. The maximum atomic E-state index is 13.0. The second-order valence-electron chi connectivity index (χ2n) is 2.67. The van der Waals surface area contributed by atoms with E-state index in [1.54, 1.807) is 0 Å². The van der Waals surface area contributed by atoms with E-state index in [2.05, 4.69) is 0 Å². The molecule has 0 aliphatic heterocycles. The highest BCUT2D eigenvalue weighted by atomic mass is 19.1. The molecule has 5 heteroatoms. The van der Waals surface area contributed by atoms with E-state index >= 15 is 0 Å². The van der Waals surface area contributed by atoms with Crippen molar-refractivity contribution < 1.29 is 13.9 Å². The zero-order chi connectivity index (χ0) is 10.0. The highest BCUT2D eigenvalue weighted by Gasteiger charge is 2.13. The molecule has 0 aliphatic carbocycles. The minimum absolute atomic E-state index is 0.0150. The minimum Gasteiger partial charge on any atom is -0.505 e. The zero-order valence-electron chi connectivity index (χ0n) is 6.80. The fourth-order valence-corrected chi connectivity index (χ4v) is 0.963. The van der Waals surface area contributed by atoms with Gasteiger partial charge in [0.15, 0.2) is 11.6 Å². The molecule has 1 aromatic carbocycles. The predicted molar refractivity (Wildman–Crippen MR) is 44.0 cm³/mol. The number of hydrogen-bond donors (Lipinski definition) is 3. The Bertz CT molecular complexity index is 317. The van der Waals surface area contributed by atoms with Crippen LogP contribution in [0.1, 0.15) is 11.6 Å². The van der Waals surface area contributed by atoms with Crippen molar-refractivity contribution in [3.8, 4) is 5.75 Å². The van der Waals surface area contributed by atoms with Crippen LogP contribution >= 0.6 is 0 Å². The first-order valence-corrected chi connectivity index (χ1v) is 3.69. The van der Waals surface area contributed by atoms with Gasteiger partial charge in [-0.2, -0.15) is 0 Å². The van der Waals surface area contributed by atoms with Crippen LogP contribution in [-0.4, -0.2) is 11.7 Å². The molecule has 3 nitrogen and oxygen atoms in total. The van der Waals surface area contributed by atoms with Gasteiger partial charge in [-0.1, -0.05) is 0 Å². The molecule has 1 rings (SSSR count). The lowest BCUT2D eigenvalue weighted by Gasteiger charge is -2.10. The van der Waals surface area contributed by atoms with E-state index in [1.807, 2.05) is 0 Å². The summed E-state index contributed by atoms with van der Waals surface area (Å²) in [7, 11) is 0. The molecule has 0 saturated carbocycles.